The molecule has 0 saturated carbocycles. The van der Waals surface area contributed by atoms with Gasteiger partial charge in [0.25, 0.3) is 0 Å². The van der Waals surface area contributed by atoms with Crippen molar-refractivity contribution in [1.82, 2.24) is 4.98 Å². The molecule has 0 aliphatic carbocycles. The van der Waals surface area contributed by atoms with Gasteiger partial charge in [-0.3, -0.25) is 4.79 Å². The third kappa shape index (κ3) is 3.02. The lowest BCUT2D eigenvalue weighted by Crippen LogP contribution is -2.07. The van der Waals surface area contributed by atoms with Crippen LogP contribution < -0.4 is 10.1 Å². The second-order valence-electron chi connectivity index (χ2n) is 4.32. The van der Waals surface area contributed by atoms with Gasteiger partial charge in [-0.05, 0) is 35.0 Å². The smallest absolute Gasteiger partial charge is 0.354 e. The standard InChI is InChI=1S/C14H15BrN2O4/c1-4-21-14(19)11-5-8-9(17-11)6-10(16-7(2)18)13(20-3)12(8)15/h5-6,17H,4H2,1-3H3,(H,16,18). The number of rotatable bonds is 4. The molecule has 2 N–H and O–H groups in total. The Labute approximate surface area is 129 Å². The van der Waals surface area contributed by atoms with Crippen LogP contribution in [-0.4, -0.2) is 30.6 Å². The highest BCUT2D eigenvalue weighted by molar-refractivity contribution is 9.10. The van der Waals surface area contributed by atoms with Crippen LogP contribution in [0.1, 0.15) is 24.3 Å². The monoisotopic (exact) mass is 354 g/mol. The third-order valence-electron chi connectivity index (χ3n) is 2.83. The highest BCUT2D eigenvalue weighted by Crippen LogP contribution is 2.40. The lowest BCUT2D eigenvalue weighted by molar-refractivity contribution is -0.114. The van der Waals surface area contributed by atoms with Crippen molar-refractivity contribution in [2.45, 2.75) is 13.8 Å². The van der Waals surface area contributed by atoms with E-state index in [1.807, 2.05) is 0 Å². The Hall–Kier alpha value is -2.02. The number of aromatic amines is 1. The first kappa shape index (κ1) is 15.4. The van der Waals surface area contributed by atoms with Gasteiger partial charge in [0.15, 0.2) is 5.75 Å². The van der Waals surface area contributed by atoms with Crippen molar-refractivity contribution < 1.29 is 19.1 Å². The van der Waals surface area contributed by atoms with Gasteiger partial charge in [-0.15, -0.1) is 0 Å². The normalized spacial score (nSPS) is 10.5. The molecule has 21 heavy (non-hydrogen) atoms. The van der Waals surface area contributed by atoms with Crippen molar-refractivity contribution in [1.29, 1.82) is 0 Å². The van der Waals surface area contributed by atoms with E-state index in [4.69, 9.17) is 9.47 Å². The SMILES string of the molecule is CCOC(=O)c1cc2c(Br)c(OC)c(NC(C)=O)cc2[nH]1. The average molecular weight is 355 g/mol. The number of esters is 1. The second-order valence-corrected chi connectivity index (χ2v) is 5.11. The van der Waals surface area contributed by atoms with Crippen LogP contribution >= 0.6 is 15.9 Å². The number of methoxy groups -OCH3 is 1. The van der Waals surface area contributed by atoms with E-state index in [2.05, 4.69) is 26.2 Å². The van der Waals surface area contributed by atoms with E-state index >= 15 is 0 Å². The Balaban J connectivity index is 2.58. The van der Waals surface area contributed by atoms with Crippen LogP contribution in [0.4, 0.5) is 5.69 Å². The summed E-state index contributed by atoms with van der Waals surface area (Å²) >= 11 is 3.44. The minimum Gasteiger partial charge on any atom is -0.493 e. The molecule has 0 unspecified atom stereocenters. The van der Waals surface area contributed by atoms with E-state index < -0.39 is 5.97 Å². The topological polar surface area (TPSA) is 80.4 Å². The molecular weight excluding hydrogens is 340 g/mol. The van der Waals surface area contributed by atoms with E-state index in [0.717, 1.165) is 5.39 Å². The molecule has 0 saturated heterocycles. The third-order valence-corrected chi connectivity index (χ3v) is 3.61. The van der Waals surface area contributed by atoms with Crippen LogP contribution in [0.2, 0.25) is 0 Å². The summed E-state index contributed by atoms with van der Waals surface area (Å²) in [5, 5.41) is 3.46. The molecule has 6 nitrogen and oxygen atoms in total. The number of halogens is 1. The lowest BCUT2D eigenvalue weighted by Gasteiger charge is -2.11. The number of carbonyl (C=O) groups is 2. The van der Waals surface area contributed by atoms with Crippen LogP contribution in [0, 0.1) is 0 Å². The first-order valence-electron chi connectivity index (χ1n) is 6.31. The molecule has 2 aromatic rings. The molecule has 0 aliphatic rings. The van der Waals surface area contributed by atoms with Gasteiger partial charge in [0.1, 0.15) is 5.69 Å². The Bertz CT molecular complexity index is 709. The fourth-order valence-electron chi connectivity index (χ4n) is 2.02. The van der Waals surface area contributed by atoms with E-state index in [9.17, 15) is 9.59 Å². The Morgan fingerprint density at radius 1 is 1.38 bits per heavy atom. The highest BCUT2D eigenvalue weighted by Gasteiger charge is 2.18. The molecule has 2 rings (SSSR count). The Kier molecular flexibility index (Phi) is 4.52. The average Bonchev–Trinajstić information content (AvgIpc) is 2.83. The summed E-state index contributed by atoms with van der Waals surface area (Å²) in [6, 6.07) is 3.39. The zero-order valence-electron chi connectivity index (χ0n) is 11.9. The van der Waals surface area contributed by atoms with Gasteiger partial charge in [-0.25, -0.2) is 4.79 Å². The summed E-state index contributed by atoms with van der Waals surface area (Å²) in [7, 11) is 1.51. The number of amides is 1. The Morgan fingerprint density at radius 2 is 2.10 bits per heavy atom. The zero-order chi connectivity index (χ0) is 15.6. The van der Waals surface area contributed by atoms with Crippen molar-refractivity contribution in [3.8, 4) is 5.75 Å². The van der Waals surface area contributed by atoms with Gasteiger partial charge >= 0.3 is 5.97 Å². The van der Waals surface area contributed by atoms with Gasteiger partial charge in [-0.2, -0.15) is 0 Å². The number of ether oxygens (including phenoxy) is 2. The molecule has 1 aromatic carbocycles. The van der Waals surface area contributed by atoms with Crippen molar-refractivity contribution in [3.63, 3.8) is 0 Å². The second kappa shape index (κ2) is 6.17. The van der Waals surface area contributed by atoms with Crippen LogP contribution in [0.3, 0.4) is 0 Å². The summed E-state index contributed by atoms with van der Waals surface area (Å²) in [4.78, 5) is 26.0. The van der Waals surface area contributed by atoms with Gasteiger partial charge in [0.2, 0.25) is 5.91 Å². The predicted octanol–water partition coefficient (Wildman–Crippen LogP) is 3.07. The van der Waals surface area contributed by atoms with Gasteiger partial charge in [0, 0.05) is 17.8 Å². The number of carbonyl (C=O) groups excluding carboxylic acids is 2. The summed E-state index contributed by atoms with van der Waals surface area (Å²) in [5.41, 5.74) is 1.55. The molecule has 0 bridgehead atoms. The number of nitrogens with one attached hydrogen (secondary N) is 2. The molecule has 112 valence electrons. The zero-order valence-corrected chi connectivity index (χ0v) is 13.5. The van der Waals surface area contributed by atoms with Gasteiger partial charge < -0.3 is 19.8 Å². The number of benzene rings is 1. The summed E-state index contributed by atoms with van der Waals surface area (Å²) in [6.07, 6.45) is 0. The fraction of sp³-hybridized carbons (Fsp3) is 0.286. The maximum atomic E-state index is 11.8. The molecule has 0 fully saturated rings. The number of aromatic nitrogens is 1. The maximum absolute atomic E-state index is 11.8. The van der Waals surface area contributed by atoms with E-state index in [1.54, 1.807) is 19.1 Å². The highest BCUT2D eigenvalue weighted by atomic mass is 79.9. The van der Waals surface area contributed by atoms with Crippen molar-refractivity contribution in [3.05, 3.63) is 22.3 Å². The summed E-state index contributed by atoms with van der Waals surface area (Å²) < 4.78 is 10.9. The largest absolute Gasteiger partial charge is 0.493 e. The minimum atomic E-state index is -0.430. The molecule has 0 aliphatic heterocycles. The number of hydrogen-bond donors (Lipinski definition) is 2. The van der Waals surface area contributed by atoms with Crippen LogP contribution in [0.15, 0.2) is 16.6 Å². The first-order valence-corrected chi connectivity index (χ1v) is 7.11. The molecule has 1 aromatic heterocycles. The van der Waals surface area contributed by atoms with Crippen molar-refractivity contribution in [2.24, 2.45) is 0 Å². The lowest BCUT2D eigenvalue weighted by atomic mass is 10.2. The van der Waals surface area contributed by atoms with Crippen molar-refractivity contribution >= 4 is 44.4 Å². The number of anilines is 1. The molecule has 0 atom stereocenters. The number of hydrogen-bond acceptors (Lipinski definition) is 4. The molecule has 0 radical (unpaired) electrons. The number of fused-ring (bicyclic) bond motifs is 1. The number of H-pyrrole nitrogens is 1. The van der Waals surface area contributed by atoms with Crippen LogP contribution in [0.5, 0.6) is 5.75 Å². The molecule has 0 spiro atoms. The van der Waals surface area contributed by atoms with E-state index in [-0.39, 0.29) is 5.91 Å². The van der Waals surface area contributed by atoms with E-state index in [1.165, 1.54) is 14.0 Å². The minimum absolute atomic E-state index is 0.211. The van der Waals surface area contributed by atoms with Gasteiger partial charge in [-0.1, -0.05) is 0 Å². The Morgan fingerprint density at radius 3 is 2.67 bits per heavy atom. The first-order chi connectivity index (χ1) is 9.97. The maximum Gasteiger partial charge on any atom is 0.354 e. The molecule has 1 amide bonds. The van der Waals surface area contributed by atoms with Gasteiger partial charge in [0.05, 0.1) is 23.9 Å². The predicted molar refractivity (Wildman–Crippen MR) is 82.8 cm³/mol. The van der Waals surface area contributed by atoms with Crippen molar-refractivity contribution in [2.75, 3.05) is 19.0 Å². The summed E-state index contributed by atoms with van der Waals surface area (Å²) in [6.45, 7) is 3.46. The van der Waals surface area contributed by atoms with Crippen LogP contribution in [-0.2, 0) is 9.53 Å². The summed E-state index contributed by atoms with van der Waals surface area (Å²) in [5.74, 6) is -0.149. The van der Waals surface area contributed by atoms with Crippen LogP contribution in [0.25, 0.3) is 10.9 Å². The fourth-order valence-corrected chi connectivity index (χ4v) is 2.72. The molecule has 1 heterocycles. The quantitative estimate of drug-likeness (QED) is 0.826. The van der Waals surface area contributed by atoms with E-state index in [0.29, 0.717) is 33.7 Å². The molecular formula is C14H15BrN2O4. The molecule has 7 heteroatoms.